The van der Waals surface area contributed by atoms with Gasteiger partial charge in [0.15, 0.2) is 5.75 Å². The van der Waals surface area contributed by atoms with E-state index in [4.69, 9.17) is 34.6 Å². The van der Waals surface area contributed by atoms with Gasteiger partial charge in [0.2, 0.25) is 0 Å². The van der Waals surface area contributed by atoms with E-state index in [1.807, 2.05) is 19.9 Å². The molecule has 1 aliphatic carbocycles. The van der Waals surface area contributed by atoms with E-state index in [0.29, 0.717) is 45.6 Å². The van der Waals surface area contributed by atoms with Crippen molar-refractivity contribution in [3.8, 4) is 40.2 Å². The van der Waals surface area contributed by atoms with Gasteiger partial charge in [-0.05, 0) is 240 Å². The average molecular weight is 1840 g/mol. The van der Waals surface area contributed by atoms with Gasteiger partial charge < -0.3 is 55.1 Å². The number of aryl methyl sites for hydroxylation is 3. The monoisotopic (exact) mass is 1840 g/mol. The molecule has 13 rings (SSSR count). The summed E-state index contributed by atoms with van der Waals surface area (Å²) >= 11 is 3.37. The van der Waals surface area contributed by atoms with Crippen molar-refractivity contribution < 1.29 is 121 Å². The number of thioether (sulfide) groups is 4. The second-order valence-corrected chi connectivity index (χ2v) is 38.0. The lowest BCUT2D eigenvalue weighted by atomic mass is 10.1. The number of rotatable bonds is 29. The minimum atomic E-state index is -4.11. The van der Waals surface area contributed by atoms with Crippen molar-refractivity contribution in [2.45, 2.75) is 111 Å². The highest BCUT2D eigenvalue weighted by molar-refractivity contribution is 8.01. The number of pyridine rings is 1. The predicted molar refractivity (Wildman–Crippen MR) is 467 cm³/mol. The van der Waals surface area contributed by atoms with Gasteiger partial charge in [-0.15, -0.1) is 47.0 Å². The molecule has 12 aromatic rings. The smallest absolute Gasteiger partial charge is 0.313 e. The van der Waals surface area contributed by atoms with E-state index in [0.717, 1.165) is 132 Å². The molecule has 0 saturated heterocycles. The number of aromatic nitrogens is 1. The first-order chi connectivity index (χ1) is 58.2. The number of phenolic OH excluding ortho intramolecular Hbond substituents is 4. The molecule has 1 aromatic heterocycles. The Kier molecular flexibility index (Phi) is 31.2. The highest BCUT2D eigenvalue weighted by Crippen LogP contribution is 2.46. The number of aromatic hydroxyl groups is 4. The second kappa shape index (κ2) is 41.0. The fraction of sp³-hybridized carbons (Fsp3) is 0.202. The Hall–Kier alpha value is -11.7. The van der Waals surface area contributed by atoms with Crippen LogP contribution < -0.4 is 33.1 Å². The van der Waals surface area contributed by atoms with E-state index >= 15 is 0 Å². The molecule has 28 nitrogen and oxygen atoms in total. The Balaban J connectivity index is 0.000000172. The van der Waals surface area contributed by atoms with Crippen LogP contribution in [-0.4, -0.2) is 146 Å². The molecule has 11 aromatic carbocycles. The molecule has 1 aliphatic rings. The van der Waals surface area contributed by atoms with Crippen molar-refractivity contribution in [2.24, 2.45) is 0 Å². The summed E-state index contributed by atoms with van der Waals surface area (Å²) < 4.78 is 171. The fourth-order valence-corrected chi connectivity index (χ4v) is 20.0. The minimum Gasteiger partial charge on any atom is -0.506 e. The normalized spacial score (nSPS) is 12.5. The van der Waals surface area contributed by atoms with Crippen LogP contribution in [0.4, 0.5) is 35.9 Å². The summed E-state index contributed by atoms with van der Waals surface area (Å²) in [6, 6.07) is 40.1. The maximum Gasteiger partial charge on any atom is 0.313 e. The Morgan fingerprint density at radius 2 is 0.780 bits per heavy atom. The SMILES string of the molecule is CCOc1ccc(S(=O)(=O)Nc2cc(SCC(=O)O)c(O)c3ccc(F)cc23)cc1.COc1ccc2c(O)c(SCC(=O)O)cc(NS(=O)(=O)c3cc(C)c(C)cc3C)c2c1.O=C(O)CSc1cc(NS(=O)(=O)c2ccc(F)cc2)c2ccc(F)cc2c1O.O=C(O)CSc1cc(NS(=O)(=O)c2ccc(OC3CCCCCC3)cc2)c2cccnc2c1O. The molecule has 0 spiro atoms. The summed E-state index contributed by atoms with van der Waals surface area (Å²) in [4.78, 5) is 48.5. The molecule has 1 saturated carbocycles. The Labute approximate surface area is 721 Å². The van der Waals surface area contributed by atoms with E-state index in [1.54, 1.807) is 62.4 Å². The molecule has 0 aliphatic heterocycles. The summed E-state index contributed by atoms with van der Waals surface area (Å²) in [6.45, 7) is 7.73. The van der Waals surface area contributed by atoms with Crippen LogP contribution >= 0.6 is 47.0 Å². The van der Waals surface area contributed by atoms with Gasteiger partial charge in [0.1, 0.15) is 57.5 Å². The highest BCUT2D eigenvalue weighted by Gasteiger charge is 2.27. The molecule has 0 radical (unpaired) electrons. The van der Waals surface area contributed by atoms with Gasteiger partial charge in [-0.3, -0.25) is 43.1 Å². The third-order valence-electron chi connectivity index (χ3n) is 18.5. The van der Waals surface area contributed by atoms with Crippen LogP contribution in [0.15, 0.2) is 221 Å². The maximum atomic E-state index is 13.8. The first-order valence-electron chi connectivity index (χ1n) is 36.9. The molecule has 0 bridgehead atoms. The number of ether oxygens (including phenoxy) is 3. The van der Waals surface area contributed by atoms with Gasteiger partial charge in [-0.1, -0.05) is 18.9 Å². The van der Waals surface area contributed by atoms with Crippen molar-refractivity contribution in [3.63, 3.8) is 0 Å². The van der Waals surface area contributed by atoms with E-state index < -0.39 is 87.2 Å². The second-order valence-electron chi connectivity index (χ2n) is 27.2. The number of sulfonamides is 4. The van der Waals surface area contributed by atoms with Gasteiger partial charge in [0.25, 0.3) is 40.1 Å². The van der Waals surface area contributed by atoms with Gasteiger partial charge in [0, 0.05) is 43.9 Å². The molecular weight excluding hydrogens is 1760 g/mol. The quantitative estimate of drug-likeness (QED) is 0.0118. The zero-order valence-corrected chi connectivity index (χ0v) is 72.3. The fourth-order valence-electron chi connectivity index (χ4n) is 12.5. The molecule has 39 heteroatoms. The predicted octanol–water partition coefficient (Wildman–Crippen LogP) is 17.3. The molecule has 123 heavy (non-hydrogen) atoms. The Morgan fingerprint density at radius 3 is 1.24 bits per heavy atom. The van der Waals surface area contributed by atoms with Gasteiger partial charge >= 0.3 is 23.9 Å². The van der Waals surface area contributed by atoms with E-state index in [1.165, 1.54) is 98.9 Å². The lowest BCUT2D eigenvalue weighted by Crippen LogP contribution is -2.16. The van der Waals surface area contributed by atoms with Crippen LogP contribution in [0.25, 0.3) is 43.2 Å². The number of carboxylic acids is 4. The van der Waals surface area contributed by atoms with Crippen LogP contribution in [-0.2, 0) is 59.3 Å². The number of aliphatic carboxylic acids is 4. The number of carbonyl (C=O) groups is 4. The number of methoxy groups -OCH3 is 1. The van der Waals surface area contributed by atoms with E-state index in [2.05, 4.69) is 23.9 Å². The summed E-state index contributed by atoms with van der Waals surface area (Å²) in [5, 5.41) is 79.5. The van der Waals surface area contributed by atoms with E-state index in [9.17, 15) is 86.4 Å². The molecule has 12 N–H and O–H groups in total. The number of nitrogens with zero attached hydrogens (tertiary/aromatic N) is 1. The Morgan fingerprint density at radius 1 is 0.407 bits per heavy atom. The van der Waals surface area contributed by atoms with Crippen LogP contribution in [0.3, 0.4) is 0 Å². The van der Waals surface area contributed by atoms with Crippen molar-refractivity contribution in [3.05, 3.63) is 216 Å². The number of hydrogen-bond donors (Lipinski definition) is 12. The lowest BCUT2D eigenvalue weighted by Gasteiger charge is -2.17. The summed E-state index contributed by atoms with van der Waals surface area (Å²) in [5.74, 6) is -6.80. The first kappa shape index (κ1) is 93.5. The van der Waals surface area contributed by atoms with Crippen LogP contribution in [0.2, 0.25) is 0 Å². The molecule has 1 heterocycles. The third-order valence-corrected chi connectivity index (χ3v) is 28.2. The number of carboxylic acid groups (broad SMARTS) is 4. The number of fused-ring (bicyclic) bond motifs is 4. The van der Waals surface area contributed by atoms with Crippen LogP contribution in [0.1, 0.15) is 62.1 Å². The van der Waals surface area contributed by atoms with Crippen molar-refractivity contribution in [1.29, 1.82) is 0 Å². The van der Waals surface area contributed by atoms with Gasteiger partial charge in [0.05, 0.1) is 105 Å². The highest BCUT2D eigenvalue weighted by atomic mass is 32.2. The zero-order chi connectivity index (χ0) is 89.4. The van der Waals surface area contributed by atoms with Crippen LogP contribution in [0, 0.1) is 38.2 Å². The molecule has 648 valence electrons. The number of hydrogen-bond acceptors (Lipinski definition) is 24. The van der Waals surface area contributed by atoms with E-state index in [-0.39, 0.29) is 135 Å². The molecule has 0 amide bonds. The summed E-state index contributed by atoms with van der Waals surface area (Å²) in [5.41, 5.74) is 3.09. The topological polar surface area (TPSA) is 455 Å². The summed E-state index contributed by atoms with van der Waals surface area (Å²) in [7, 11) is -14.6. The minimum absolute atomic E-state index is 0.0177. The molecular formula is C84H80F3N5O23S8. The molecule has 0 unspecified atom stereocenters. The van der Waals surface area contributed by atoms with Crippen molar-refractivity contribution in [2.75, 3.05) is 55.6 Å². The first-order valence-corrected chi connectivity index (χ1v) is 46.8. The van der Waals surface area contributed by atoms with Crippen LogP contribution in [0.5, 0.6) is 40.2 Å². The van der Waals surface area contributed by atoms with Gasteiger partial charge in [-0.25, -0.2) is 46.8 Å². The standard InChI is InChI=1S/C24H26N2O6S2.C22H23NO6S2.C20H18FNO6S2.C18H13F2NO5S2/c27-22(28)15-33-21-14-20(19-8-5-13-25-23(19)24(21)29)26-34(30,31)18-11-9-17(10-12-18)32-16-6-3-1-2-4-7-16;1-12-7-14(3)20(8-13(12)2)31(27,28)23-18-10-19(30-11-21(24)25)22(26)16-6-5-15(29-4)9-17(16)18;1-2-28-13-4-6-14(7-5-13)30(26,27)22-17-10-18(29-11-19(23)24)20(25)15-8-3-12(21)9-16(15)17;19-10-1-4-12(5-2-10)28(25,26)21-15-8-16(27-9-17(22)23)18(24)14-7-11(20)3-6-13(14)15/h5,8-14,16,26,29H,1-4,6-7,15H2,(H,27,28);5-10,23,26H,11H2,1-4H3,(H,24,25);3-10,22,25H,2,11H2,1H3,(H,23,24);1-8,21,24H,9H2,(H,22,23). The lowest BCUT2D eigenvalue weighted by molar-refractivity contribution is -0.134. The third kappa shape index (κ3) is 24.4. The summed E-state index contributed by atoms with van der Waals surface area (Å²) in [6.07, 6.45) is 8.37. The molecule has 0 atom stereocenters. The molecule has 1 fully saturated rings. The maximum absolute atomic E-state index is 13.8. The van der Waals surface area contributed by atoms with Crippen molar-refractivity contribution >= 4 is 177 Å². The average Bonchev–Trinajstić information content (AvgIpc) is 0.893. The largest absolute Gasteiger partial charge is 0.506 e. The zero-order valence-electron chi connectivity index (χ0n) is 65.7. The number of phenols is 4. The van der Waals surface area contributed by atoms with Crippen molar-refractivity contribution in [1.82, 2.24) is 4.98 Å². The number of benzene rings is 11. The van der Waals surface area contributed by atoms with Gasteiger partial charge in [-0.2, -0.15) is 0 Å². The number of nitrogens with one attached hydrogen (secondary N) is 4. The number of anilines is 4. The Bertz CT molecular complexity index is 6480. The number of halogens is 3.